The van der Waals surface area contributed by atoms with Gasteiger partial charge in [-0.3, -0.25) is 23.6 Å². The van der Waals surface area contributed by atoms with Crippen LogP contribution in [-0.4, -0.2) is 25.2 Å². The van der Waals surface area contributed by atoms with Crippen LogP contribution in [-0.2, 0) is 25.4 Å². The summed E-state index contributed by atoms with van der Waals surface area (Å²) in [5.74, 6) is -0.759. The molecule has 28 heavy (non-hydrogen) atoms. The zero-order chi connectivity index (χ0) is 20.0. The number of nitrogens with zero attached hydrogens (tertiary/aromatic N) is 3. The molecule has 2 heterocycles. The third kappa shape index (κ3) is 3.05. The van der Waals surface area contributed by atoms with E-state index >= 15 is 0 Å². The van der Waals surface area contributed by atoms with Crippen LogP contribution < -0.4 is 5.69 Å². The quantitative estimate of drug-likeness (QED) is 0.637. The Bertz CT molecular complexity index is 1210. The van der Waals surface area contributed by atoms with Gasteiger partial charge in [-0.05, 0) is 53.2 Å². The lowest BCUT2D eigenvalue weighted by atomic mass is 10.1. The molecule has 2 aromatic carbocycles. The number of benzene rings is 2. The molecule has 1 aromatic heterocycles. The molecule has 0 bridgehead atoms. The maximum absolute atomic E-state index is 13.0. The maximum Gasteiger partial charge on any atom is 0.328 e. The van der Waals surface area contributed by atoms with Crippen molar-refractivity contribution in [3.63, 3.8) is 0 Å². The normalized spacial score (nSPS) is 16.0. The number of imide groups is 1. The van der Waals surface area contributed by atoms with Gasteiger partial charge in [-0.15, -0.1) is 0 Å². The molecule has 142 valence electrons. The first kappa shape index (κ1) is 18.2. The Morgan fingerprint density at radius 2 is 1.64 bits per heavy atom. The van der Waals surface area contributed by atoms with Crippen LogP contribution in [0.2, 0.25) is 0 Å². The Kier molecular flexibility index (Phi) is 4.43. The molecule has 6 nitrogen and oxygen atoms in total. The minimum atomic E-state index is -0.388. The molecular formula is C20H16FN3O3S. The number of aromatic nitrogens is 2. The van der Waals surface area contributed by atoms with Crippen LogP contribution in [0.1, 0.15) is 11.1 Å². The van der Waals surface area contributed by atoms with Gasteiger partial charge in [0.15, 0.2) is 0 Å². The SMILES string of the molecule is Cn1c(=O)n(C)c2cc(/C=C3\SC(=O)N(Cc4ccc(F)cc4)C3=O)ccc21. The summed E-state index contributed by atoms with van der Waals surface area (Å²) in [7, 11) is 3.39. The highest BCUT2D eigenvalue weighted by atomic mass is 32.2. The highest BCUT2D eigenvalue weighted by molar-refractivity contribution is 8.18. The average Bonchev–Trinajstić information content (AvgIpc) is 3.06. The van der Waals surface area contributed by atoms with Crippen molar-refractivity contribution < 1.29 is 14.0 Å². The highest BCUT2D eigenvalue weighted by Crippen LogP contribution is 2.33. The molecule has 0 atom stereocenters. The fourth-order valence-corrected chi connectivity index (χ4v) is 4.01. The summed E-state index contributed by atoms with van der Waals surface area (Å²) in [5, 5.41) is -0.367. The van der Waals surface area contributed by atoms with Crippen molar-refractivity contribution in [1.82, 2.24) is 14.0 Å². The first-order valence-corrected chi connectivity index (χ1v) is 9.32. The van der Waals surface area contributed by atoms with Crippen molar-refractivity contribution >= 4 is 40.0 Å². The van der Waals surface area contributed by atoms with Crippen molar-refractivity contribution in [2.75, 3.05) is 0 Å². The van der Waals surface area contributed by atoms with E-state index in [1.165, 1.54) is 16.7 Å². The fraction of sp³-hybridized carbons (Fsp3) is 0.150. The number of thioether (sulfide) groups is 1. The van der Waals surface area contributed by atoms with Crippen molar-refractivity contribution in [3.05, 3.63) is 74.8 Å². The van der Waals surface area contributed by atoms with Crippen molar-refractivity contribution in [2.45, 2.75) is 6.54 Å². The number of carbonyl (C=O) groups excluding carboxylic acids is 2. The highest BCUT2D eigenvalue weighted by Gasteiger charge is 2.35. The molecule has 0 N–H and O–H groups in total. The Morgan fingerprint density at radius 1 is 0.964 bits per heavy atom. The fourth-order valence-electron chi connectivity index (χ4n) is 3.17. The van der Waals surface area contributed by atoms with Gasteiger partial charge in [-0.25, -0.2) is 9.18 Å². The third-order valence-electron chi connectivity index (χ3n) is 4.72. The molecule has 0 aliphatic carbocycles. The van der Waals surface area contributed by atoms with Gasteiger partial charge in [0.2, 0.25) is 0 Å². The lowest BCUT2D eigenvalue weighted by molar-refractivity contribution is -0.123. The van der Waals surface area contributed by atoms with Gasteiger partial charge in [0, 0.05) is 14.1 Å². The van der Waals surface area contributed by atoms with E-state index in [0.29, 0.717) is 10.5 Å². The molecule has 4 rings (SSSR count). The molecule has 0 radical (unpaired) electrons. The number of imidazole rings is 1. The van der Waals surface area contributed by atoms with Gasteiger partial charge in [0.25, 0.3) is 11.1 Å². The Morgan fingerprint density at radius 3 is 2.36 bits per heavy atom. The molecule has 0 unspecified atom stereocenters. The van der Waals surface area contributed by atoms with Gasteiger partial charge >= 0.3 is 5.69 Å². The zero-order valence-electron chi connectivity index (χ0n) is 15.2. The van der Waals surface area contributed by atoms with Crippen LogP contribution >= 0.6 is 11.8 Å². The summed E-state index contributed by atoms with van der Waals surface area (Å²) in [6, 6.07) is 11.1. The third-order valence-corrected chi connectivity index (χ3v) is 5.63. The smallest absolute Gasteiger partial charge is 0.295 e. The Hall–Kier alpha value is -3.13. The summed E-state index contributed by atoms with van der Waals surface area (Å²) >= 11 is 0.868. The molecule has 3 aromatic rings. The van der Waals surface area contributed by atoms with Gasteiger partial charge in [0.05, 0.1) is 22.5 Å². The second-order valence-corrected chi connectivity index (χ2v) is 7.54. The first-order chi connectivity index (χ1) is 13.3. The average molecular weight is 397 g/mol. The number of rotatable bonds is 3. The minimum absolute atomic E-state index is 0.0918. The van der Waals surface area contributed by atoms with Crippen LogP contribution in [0.5, 0.6) is 0 Å². The second-order valence-electron chi connectivity index (χ2n) is 6.54. The lowest BCUT2D eigenvalue weighted by Gasteiger charge is -2.12. The lowest BCUT2D eigenvalue weighted by Crippen LogP contribution is -2.27. The van der Waals surface area contributed by atoms with Crippen molar-refractivity contribution in [2.24, 2.45) is 14.1 Å². The number of fused-ring (bicyclic) bond motifs is 1. The van der Waals surface area contributed by atoms with Crippen LogP contribution in [0, 0.1) is 5.82 Å². The number of halogens is 1. The number of aryl methyl sites for hydroxylation is 2. The van der Waals surface area contributed by atoms with Crippen molar-refractivity contribution in [1.29, 1.82) is 0 Å². The Labute approximate surface area is 163 Å². The summed E-state index contributed by atoms with van der Waals surface area (Å²) in [4.78, 5) is 38.4. The van der Waals surface area contributed by atoms with Crippen molar-refractivity contribution in [3.8, 4) is 0 Å². The van der Waals surface area contributed by atoms with E-state index in [1.807, 2.05) is 12.1 Å². The summed E-state index contributed by atoms with van der Waals surface area (Å²) in [5.41, 5.74) is 2.79. The first-order valence-electron chi connectivity index (χ1n) is 8.50. The summed E-state index contributed by atoms with van der Waals surface area (Å²) in [6.45, 7) is 0.0918. The minimum Gasteiger partial charge on any atom is -0.295 e. The van der Waals surface area contributed by atoms with Gasteiger partial charge < -0.3 is 0 Å². The molecule has 8 heteroatoms. The van der Waals surface area contributed by atoms with E-state index in [0.717, 1.165) is 33.3 Å². The predicted octanol–water partition coefficient (Wildman–Crippen LogP) is 3.25. The topological polar surface area (TPSA) is 64.3 Å². The molecule has 1 aliphatic heterocycles. The molecule has 2 amide bonds. The number of carbonyl (C=O) groups is 2. The van der Waals surface area contributed by atoms with Gasteiger partial charge in [-0.1, -0.05) is 18.2 Å². The van der Waals surface area contributed by atoms with E-state index < -0.39 is 0 Å². The number of hydrogen-bond acceptors (Lipinski definition) is 4. The van der Waals surface area contributed by atoms with E-state index in [-0.39, 0.29) is 29.2 Å². The zero-order valence-corrected chi connectivity index (χ0v) is 16.0. The number of amides is 2. The van der Waals surface area contributed by atoms with Crippen LogP contribution in [0.4, 0.5) is 9.18 Å². The number of hydrogen-bond donors (Lipinski definition) is 0. The summed E-state index contributed by atoms with van der Waals surface area (Å²) < 4.78 is 16.1. The van der Waals surface area contributed by atoms with Gasteiger partial charge in [0.1, 0.15) is 5.82 Å². The van der Waals surface area contributed by atoms with Crippen LogP contribution in [0.3, 0.4) is 0 Å². The summed E-state index contributed by atoms with van der Waals surface area (Å²) in [6.07, 6.45) is 1.65. The molecular weight excluding hydrogens is 381 g/mol. The second kappa shape index (κ2) is 6.79. The van der Waals surface area contributed by atoms with Gasteiger partial charge in [-0.2, -0.15) is 0 Å². The predicted molar refractivity (Wildman–Crippen MR) is 106 cm³/mol. The Balaban J connectivity index is 1.63. The van der Waals surface area contributed by atoms with E-state index in [4.69, 9.17) is 0 Å². The van der Waals surface area contributed by atoms with Crippen LogP contribution in [0.25, 0.3) is 17.1 Å². The molecule has 1 fully saturated rings. The largest absolute Gasteiger partial charge is 0.328 e. The molecule has 1 saturated heterocycles. The van der Waals surface area contributed by atoms with E-state index in [2.05, 4.69) is 0 Å². The van der Waals surface area contributed by atoms with E-state index in [1.54, 1.807) is 42.9 Å². The van der Waals surface area contributed by atoms with Crippen LogP contribution in [0.15, 0.2) is 52.2 Å². The monoisotopic (exact) mass is 397 g/mol. The molecule has 1 aliphatic rings. The molecule has 0 saturated carbocycles. The molecule has 0 spiro atoms. The standard InChI is InChI=1S/C20H16FN3O3S/c1-22-15-8-5-13(9-16(15)23(2)19(22)26)10-17-18(25)24(20(27)28-17)11-12-3-6-14(21)7-4-12/h3-10H,11H2,1-2H3/b17-10-. The maximum atomic E-state index is 13.0. The van der Waals surface area contributed by atoms with E-state index in [9.17, 15) is 18.8 Å².